The van der Waals surface area contributed by atoms with Crippen LogP contribution in [-0.4, -0.2) is 26.2 Å². The van der Waals surface area contributed by atoms with Crippen LogP contribution in [0.3, 0.4) is 0 Å². The summed E-state index contributed by atoms with van der Waals surface area (Å²) in [6.45, 7) is 5.80. The molecule has 0 unspecified atom stereocenters. The fourth-order valence-corrected chi connectivity index (χ4v) is 1.68. The zero-order valence-electron chi connectivity index (χ0n) is 9.99. The minimum absolute atomic E-state index is 0.397. The average molecular weight is 222 g/mol. The molecule has 0 saturated carbocycles. The lowest BCUT2D eigenvalue weighted by Gasteiger charge is -2.23. The summed E-state index contributed by atoms with van der Waals surface area (Å²) in [5, 5.41) is 0. The number of carbonyl (C=O) groups is 1. The Morgan fingerprint density at radius 3 is 2.50 bits per heavy atom. The summed E-state index contributed by atoms with van der Waals surface area (Å²) >= 11 is 0. The summed E-state index contributed by atoms with van der Waals surface area (Å²) in [5.74, 6) is -0.397. The molecule has 4 heteroatoms. The largest absolute Gasteiger partial charge is 0.465 e. The number of hydrogen-bond donors (Lipinski definition) is 1. The summed E-state index contributed by atoms with van der Waals surface area (Å²) in [4.78, 5) is 13.6. The van der Waals surface area contributed by atoms with Crippen LogP contribution in [0.4, 0.5) is 11.4 Å². The second kappa shape index (κ2) is 5.39. The van der Waals surface area contributed by atoms with Crippen LogP contribution in [0.5, 0.6) is 0 Å². The number of ether oxygens (including phenoxy) is 1. The van der Waals surface area contributed by atoms with E-state index in [4.69, 9.17) is 5.73 Å². The number of para-hydroxylation sites is 1. The summed E-state index contributed by atoms with van der Waals surface area (Å²) in [6.07, 6.45) is 0. The smallest absolute Gasteiger partial charge is 0.340 e. The van der Waals surface area contributed by atoms with Crippen LogP contribution in [0.25, 0.3) is 0 Å². The van der Waals surface area contributed by atoms with Gasteiger partial charge in [-0.25, -0.2) is 4.79 Å². The molecule has 2 N–H and O–H groups in total. The second-order valence-electron chi connectivity index (χ2n) is 3.40. The van der Waals surface area contributed by atoms with Crippen LogP contribution in [-0.2, 0) is 4.74 Å². The molecule has 1 rings (SSSR count). The molecule has 4 nitrogen and oxygen atoms in total. The third kappa shape index (κ3) is 2.27. The van der Waals surface area contributed by atoms with E-state index in [0.29, 0.717) is 11.3 Å². The van der Waals surface area contributed by atoms with Gasteiger partial charge in [-0.15, -0.1) is 0 Å². The van der Waals surface area contributed by atoms with Gasteiger partial charge in [0.05, 0.1) is 24.0 Å². The van der Waals surface area contributed by atoms with Crippen LogP contribution >= 0.6 is 0 Å². The molecule has 0 amide bonds. The molecule has 0 saturated heterocycles. The highest BCUT2D eigenvalue weighted by Crippen LogP contribution is 2.26. The van der Waals surface area contributed by atoms with Gasteiger partial charge < -0.3 is 15.4 Å². The summed E-state index contributed by atoms with van der Waals surface area (Å²) in [6, 6.07) is 5.40. The summed E-state index contributed by atoms with van der Waals surface area (Å²) < 4.78 is 4.68. The van der Waals surface area contributed by atoms with Gasteiger partial charge in [-0.3, -0.25) is 0 Å². The van der Waals surface area contributed by atoms with Crippen molar-refractivity contribution in [3.63, 3.8) is 0 Å². The van der Waals surface area contributed by atoms with E-state index < -0.39 is 5.97 Å². The lowest BCUT2D eigenvalue weighted by molar-refractivity contribution is 0.0602. The van der Waals surface area contributed by atoms with Crippen molar-refractivity contribution in [2.75, 3.05) is 30.8 Å². The first-order chi connectivity index (χ1) is 7.65. The summed E-state index contributed by atoms with van der Waals surface area (Å²) in [7, 11) is 1.35. The molecular weight excluding hydrogens is 204 g/mol. The molecule has 0 aliphatic carbocycles. The van der Waals surface area contributed by atoms with Crippen LogP contribution in [0, 0.1) is 0 Å². The van der Waals surface area contributed by atoms with Gasteiger partial charge in [0, 0.05) is 13.1 Å². The van der Waals surface area contributed by atoms with E-state index in [2.05, 4.69) is 9.64 Å². The highest BCUT2D eigenvalue weighted by molar-refractivity contribution is 5.98. The molecule has 0 aliphatic rings. The Morgan fingerprint density at radius 1 is 1.38 bits per heavy atom. The topological polar surface area (TPSA) is 55.6 Å². The predicted molar refractivity (Wildman–Crippen MR) is 65.8 cm³/mol. The molecule has 1 aromatic carbocycles. The number of nitrogens with zero attached hydrogens (tertiary/aromatic N) is 1. The highest BCUT2D eigenvalue weighted by Gasteiger charge is 2.14. The first-order valence-electron chi connectivity index (χ1n) is 5.37. The number of esters is 1. The number of rotatable bonds is 4. The van der Waals surface area contributed by atoms with Crippen molar-refractivity contribution in [1.82, 2.24) is 0 Å². The van der Waals surface area contributed by atoms with E-state index in [1.165, 1.54) is 7.11 Å². The fraction of sp³-hybridized carbons (Fsp3) is 0.417. The van der Waals surface area contributed by atoms with Crippen molar-refractivity contribution >= 4 is 17.3 Å². The van der Waals surface area contributed by atoms with Gasteiger partial charge in [0.15, 0.2) is 0 Å². The van der Waals surface area contributed by atoms with E-state index >= 15 is 0 Å². The van der Waals surface area contributed by atoms with Crippen molar-refractivity contribution in [3.8, 4) is 0 Å². The minimum atomic E-state index is -0.397. The number of nitrogen functional groups attached to an aromatic ring is 1. The van der Waals surface area contributed by atoms with Crippen LogP contribution in [0.15, 0.2) is 18.2 Å². The third-order valence-electron chi connectivity index (χ3n) is 2.59. The first kappa shape index (κ1) is 12.4. The Labute approximate surface area is 96.0 Å². The Bertz CT molecular complexity index is 373. The number of methoxy groups -OCH3 is 1. The molecule has 0 radical (unpaired) electrons. The molecule has 0 fully saturated rings. The molecule has 0 aromatic heterocycles. The van der Waals surface area contributed by atoms with Gasteiger partial charge in [0.2, 0.25) is 0 Å². The van der Waals surface area contributed by atoms with Crippen LogP contribution in [0.2, 0.25) is 0 Å². The average Bonchev–Trinajstić information content (AvgIpc) is 2.32. The van der Waals surface area contributed by atoms with E-state index in [1.807, 2.05) is 26.0 Å². The van der Waals surface area contributed by atoms with Crippen molar-refractivity contribution < 1.29 is 9.53 Å². The Hall–Kier alpha value is -1.71. The molecule has 0 heterocycles. The maximum Gasteiger partial charge on any atom is 0.340 e. The van der Waals surface area contributed by atoms with Gasteiger partial charge in [0.25, 0.3) is 0 Å². The zero-order chi connectivity index (χ0) is 12.1. The maximum atomic E-state index is 11.5. The summed E-state index contributed by atoms with van der Waals surface area (Å²) in [5.41, 5.74) is 7.76. The second-order valence-corrected chi connectivity index (χ2v) is 3.40. The Morgan fingerprint density at radius 2 is 2.00 bits per heavy atom. The molecule has 0 aliphatic heterocycles. The van der Waals surface area contributed by atoms with Gasteiger partial charge in [-0.05, 0) is 26.0 Å². The fourth-order valence-electron chi connectivity index (χ4n) is 1.68. The van der Waals surface area contributed by atoms with E-state index in [9.17, 15) is 4.79 Å². The van der Waals surface area contributed by atoms with Crippen LogP contribution in [0.1, 0.15) is 24.2 Å². The monoisotopic (exact) mass is 222 g/mol. The van der Waals surface area contributed by atoms with Gasteiger partial charge >= 0.3 is 5.97 Å². The first-order valence-corrected chi connectivity index (χ1v) is 5.37. The number of hydrogen-bond acceptors (Lipinski definition) is 4. The standard InChI is InChI=1S/C12H18N2O2/c1-4-14(5-2)10-8-6-7-9(11(10)13)12(15)16-3/h6-8H,4-5,13H2,1-3H3. The van der Waals surface area contributed by atoms with Crippen molar-refractivity contribution in [2.45, 2.75) is 13.8 Å². The van der Waals surface area contributed by atoms with Crippen molar-refractivity contribution in [3.05, 3.63) is 23.8 Å². The lowest BCUT2D eigenvalue weighted by atomic mass is 10.1. The Kier molecular flexibility index (Phi) is 4.17. The highest BCUT2D eigenvalue weighted by atomic mass is 16.5. The molecule has 16 heavy (non-hydrogen) atoms. The molecule has 0 atom stereocenters. The number of benzene rings is 1. The van der Waals surface area contributed by atoms with Crippen LogP contribution < -0.4 is 10.6 Å². The number of anilines is 2. The van der Waals surface area contributed by atoms with Gasteiger partial charge in [-0.1, -0.05) is 6.07 Å². The van der Waals surface area contributed by atoms with E-state index in [1.54, 1.807) is 6.07 Å². The lowest BCUT2D eigenvalue weighted by Crippen LogP contribution is -2.23. The van der Waals surface area contributed by atoms with Crippen molar-refractivity contribution in [1.29, 1.82) is 0 Å². The third-order valence-corrected chi connectivity index (χ3v) is 2.59. The van der Waals surface area contributed by atoms with E-state index in [0.717, 1.165) is 18.8 Å². The molecule has 88 valence electrons. The predicted octanol–water partition coefficient (Wildman–Crippen LogP) is 1.90. The normalized spacial score (nSPS) is 9.94. The Balaban J connectivity index is 3.17. The molecule has 1 aromatic rings. The molecular formula is C12H18N2O2. The van der Waals surface area contributed by atoms with Crippen molar-refractivity contribution in [2.24, 2.45) is 0 Å². The van der Waals surface area contributed by atoms with Gasteiger partial charge in [0.1, 0.15) is 0 Å². The molecule has 0 bridgehead atoms. The quantitative estimate of drug-likeness (QED) is 0.624. The van der Waals surface area contributed by atoms with Gasteiger partial charge in [-0.2, -0.15) is 0 Å². The maximum absolute atomic E-state index is 11.5. The zero-order valence-corrected chi connectivity index (χ0v) is 9.99. The minimum Gasteiger partial charge on any atom is -0.465 e. The number of carbonyl (C=O) groups excluding carboxylic acids is 1. The number of nitrogens with two attached hydrogens (primary N) is 1. The molecule has 0 spiro atoms. The SMILES string of the molecule is CCN(CC)c1cccc(C(=O)OC)c1N. The van der Waals surface area contributed by atoms with E-state index in [-0.39, 0.29) is 0 Å².